The number of aromatic nitrogens is 3. The first-order valence-electron chi connectivity index (χ1n) is 7.33. The molecule has 7 heteroatoms. The van der Waals surface area contributed by atoms with Gasteiger partial charge in [-0.25, -0.2) is 9.78 Å². The van der Waals surface area contributed by atoms with Crippen molar-refractivity contribution in [2.24, 2.45) is 5.92 Å². The minimum Gasteiger partial charge on any atom is -0.465 e. The van der Waals surface area contributed by atoms with Crippen LogP contribution >= 0.6 is 0 Å². The zero-order chi connectivity index (χ0) is 16.8. The molecule has 0 saturated carbocycles. The van der Waals surface area contributed by atoms with Crippen molar-refractivity contribution in [3.05, 3.63) is 48.0 Å². The van der Waals surface area contributed by atoms with Crippen LogP contribution in [0, 0.1) is 5.92 Å². The second kappa shape index (κ2) is 7.53. The molecule has 0 aliphatic rings. The number of carbonyl (C=O) groups is 2. The number of ether oxygens (including phenoxy) is 1. The molecule has 0 spiro atoms. The zero-order valence-electron chi connectivity index (χ0n) is 13.4. The van der Waals surface area contributed by atoms with Crippen LogP contribution in [-0.2, 0) is 11.3 Å². The number of amides is 1. The molecule has 1 aromatic heterocycles. The Kier molecular flexibility index (Phi) is 5.46. The molecule has 122 valence electrons. The summed E-state index contributed by atoms with van der Waals surface area (Å²) in [7, 11) is 1.32. The summed E-state index contributed by atoms with van der Waals surface area (Å²) in [6.45, 7) is 4.61. The molecule has 0 radical (unpaired) electrons. The van der Waals surface area contributed by atoms with E-state index in [4.69, 9.17) is 0 Å². The van der Waals surface area contributed by atoms with Crippen molar-refractivity contribution in [2.45, 2.75) is 26.4 Å². The number of hydrogen-bond acceptors (Lipinski definition) is 5. The van der Waals surface area contributed by atoms with Crippen LogP contribution in [-0.4, -0.2) is 39.8 Å². The van der Waals surface area contributed by atoms with E-state index in [1.807, 2.05) is 13.8 Å². The summed E-state index contributed by atoms with van der Waals surface area (Å²) in [6, 6.07) is 6.28. The molecule has 1 atom stereocenters. The second-order valence-corrected chi connectivity index (χ2v) is 5.51. The first-order chi connectivity index (χ1) is 11.0. The van der Waals surface area contributed by atoms with Gasteiger partial charge in [0, 0.05) is 5.56 Å². The Labute approximate surface area is 134 Å². The van der Waals surface area contributed by atoms with Gasteiger partial charge in [0.15, 0.2) is 0 Å². The molecule has 2 rings (SSSR count). The minimum atomic E-state index is -0.428. The molecule has 1 aromatic carbocycles. The predicted octanol–water partition coefficient (Wildman–Crippen LogP) is 1.52. The highest BCUT2D eigenvalue weighted by atomic mass is 16.5. The van der Waals surface area contributed by atoms with Gasteiger partial charge in [-0.2, -0.15) is 5.10 Å². The van der Waals surface area contributed by atoms with Gasteiger partial charge in [0.25, 0.3) is 5.91 Å². The van der Waals surface area contributed by atoms with Crippen molar-refractivity contribution in [3.63, 3.8) is 0 Å². The van der Waals surface area contributed by atoms with Crippen molar-refractivity contribution in [1.82, 2.24) is 20.1 Å². The summed E-state index contributed by atoms with van der Waals surface area (Å²) in [5.74, 6) is -0.388. The first kappa shape index (κ1) is 16.7. The lowest BCUT2D eigenvalue weighted by atomic mass is 10.0. The van der Waals surface area contributed by atoms with Crippen LogP contribution in [0.25, 0.3) is 0 Å². The standard InChI is InChI=1S/C16H20N4O3/c1-11(2)14(8-20-10-17-9-18-20)19-15(21)12-4-6-13(7-5-12)16(22)23-3/h4-7,9-11,14H,8H2,1-3H3,(H,19,21)/t14-/m1/s1. The average molecular weight is 316 g/mol. The van der Waals surface area contributed by atoms with E-state index in [1.165, 1.54) is 13.4 Å². The molecule has 0 aliphatic carbocycles. The molecule has 0 bridgehead atoms. The highest BCUT2D eigenvalue weighted by Gasteiger charge is 2.18. The number of benzene rings is 1. The lowest BCUT2D eigenvalue weighted by Crippen LogP contribution is -2.41. The third-order valence-corrected chi connectivity index (χ3v) is 3.54. The summed E-state index contributed by atoms with van der Waals surface area (Å²) >= 11 is 0. The molecular formula is C16H20N4O3. The number of carbonyl (C=O) groups excluding carboxylic acids is 2. The number of methoxy groups -OCH3 is 1. The second-order valence-electron chi connectivity index (χ2n) is 5.51. The van der Waals surface area contributed by atoms with Gasteiger partial charge in [-0.1, -0.05) is 13.8 Å². The quantitative estimate of drug-likeness (QED) is 0.817. The molecule has 2 aromatic rings. The topological polar surface area (TPSA) is 86.1 Å². The summed E-state index contributed by atoms with van der Waals surface area (Å²) in [5, 5.41) is 7.05. The number of hydrogen-bond donors (Lipinski definition) is 1. The average Bonchev–Trinajstić information content (AvgIpc) is 3.06. The van der Waals surface area contributed by atoms with E-state index in [1.54, 1.807) is 35.3 Å². The minimum absolute atomic E-state index is 0.0792. The molecule has 0 unspecified atom stereocenters. The van der Waals surface area contributed by atoms with Crippen LogP contribution in [0.1, 0.15) is 34.6 Å². The van der Waals surface area contributed by atoms with E-state index in [-0.39, 0.29) is 17.9 Å². The van der Waals surface area contributed by atoms with Gasteiger partial charge < -0.3 is 10.1 Å². The fraction of sp³-hybridized carbons (Fsp3) is 0.375. The number of esters is 1. The third-order valence-electron chi connectivity index (χ3n) is 3.54. The third kappa shape index (κ3) is 4.38. The number of nitrogens with one attached hydrogen (secondary N) is 1. The van der Waals surface area contributed by atoms with Crippen molar-refractivity contribution in [1.29, 1.82) is 0 Å². The van der Waals surface area contributed by atoms with Crippen LogP contribution in [0.4, 0.5) is 0 Å². The highest BCUT2D eigenvalue weighted by Crippen LogP contribution is 2.09. The Balaban J connectivity index is 2.04. The summed E-state index contributed by atoms with van der Waals surface area (Å²) in [5.41, 5.74) is 0.897. The van der Waals surface area contributed by atoms with E-state index < -0.39 is 5.97 Å². The number of nitrogens with zero attached hydrogens (tertiary/aromatic N) is 3. The predicted molar refractivity (Wildman–Crippen MR) is 83.9 cm³/mol. The van der Waals surface area contributed by atoms with Gasteiger partial charge in [0.2, 0.25) is 0 Å². The maximum Gasteiger partial charge on any atom is 0.337 e. The van der Waals surface area contributed by atoms with Gasteiger partial charge in [-0.15, -0.1) is 0 Å². The lowest BCUT2D eigenvalue weighted by molar-refractivity contribution is 0.0600. The van der Waals surface area contributed by atoms with Gasteiger partial charge in [-0.05, 0) is 30.2 Å². The molecule has 1 heterocycles. The maximum absolute atomic E-state index is 12.4. The fourth-order valence-corrected chi connectivity index (χ4v) is 2.08. The van der Waals surface area contributed by atoms with Crippen LogP contribution in [0.15, 0.2) is 36.9 Å². The Hall–Kier alpha value is -2.70. The highest BCUT2D eigenvalue weighted by molar-refractivity contribution is 5.96. The molecule has 7 nitrogen and oxygen atoms in total. The van der Waals surface area contributed by atoms with Crippen molar-refractivity contribution < 1.29 is 14.3 Å². The summed E-state index contributed by atoms with van der Waals surface area (Å²) in [6.07, 6.45) is 3.08. The molecule has 0 saturated heterocycles. The van der Waals surface area contributed by atoms with Crippen molar-refractivity contribution in [2.75, 3.05) is 7.11 Å². The fourth-order valence-electron chi connectivity index (χ4n) is 2.08. The largest absolute Gasteiger partial charge is 0.465 e. The Morgan fingerprint density at radius 3 is 2.39 bits per heavy atom. The molecule has 0 aliphatic heterocycles. The van der Waals surface area contributed by atoms with Gasteiger partial charge >= 0.3 is 5.97 Å². The lowest BCUT2D eigenvalue weighted by Gasteiger charge is -2.22. The van der Waals surface area contributed by atoms with Crippen molar-refractivity contribution >= 4 is 11.9 Å². The first-order valence-corrected chi connectivity index (χ1v) is 7.33. The van der Waals surface area contributed by atoms with Gasteiger partial charge in [0.05, 0.1) is 25.3 Å². The monoisotopic (exact) mass is 316 g/mol. The molecule has 1 amide bonds. The molecule has 23 heavy (non-hydrogen) atoms. The molecule has 0 fully saturated rings. The van der Waals surface area contributed by atoms with E-state index in [2.05, 4.69) is 20.1 Å². The number of rotatable bonds is 6. The van der Waals surface area contributed by atoms with E-state index in [0.717, 1.165) is 0 Å². The van der Waals surface area contributed by atoms with Crippen molar-refractivity contribution in [3.8, 4) is 0 Å². The van der Waals surface area contributed by atoms with Crippen LogP contribution in [0.2, 0.25) is 0 Å². The normalized spacial score (nSPS) is 12.0. The Bertz CT molecular complexity index is 650. The zero-order valence-corrected chi connectivity index (χ0v) is 13.4. The van der Waals surface area contributed by atoms with Crippen LogP contribution in [0.3, 0.4) is 0 Å². The summed E-state index contributed by atoms with van der Waals surface area (Å²) < 4.78 is 6.32. The Morgan fingerprint density at radius 2 is 1.87 bits per heavy atom. The SMILES string of the molecule is COC(=O)c1ccc(C(=O)N[C@H](Cn2cncn2)C(C)C)cc1. The Morgan fingerprint density at radius 1 is 1.22 bits per heavy atom. The van der Waals surface area contributed by atoms with Gasteiger partial charge in [0.1, 0.15) is 12.7 Å². The van der Waals surface area contributed by atoms with E-state index >= 15 is 0 Å². The maximum atomic E-state index is 12.4. The van der Waals surface area contributed by atoms with Crippen LogP contribution in [0.5, 0.6) is 0 Å². The smallest absolute Gasteiger partial charge is 0.337 e. The molecule has 1 N–H and O–H groups in total. The van der Waals surface area contributed by atoms with Gasteiger partial charge in [-0.3, -0.25) is 9.48 Å². The van der Waals surface area contributed by atoms with E-state index in [9.17, 15) is 9.59 Å². The van der Waals surface area contributed by atoms with E-state index in [0.29, 0.717) is 17.7 Å². The van der Waals surface area contributed by atoms with Crippen LogP contribution < -0.4 is 5.32 Å². The summed E-state index contributed by atoms with van der Waals surface area (Å²) in [4.78, 5) is 27.7. The molecular weight excluding hydrogens is 296 g/mol.